The van der Waals surface area contributed by atoms with Crippen molar-refractivity contribution in [3.05, 3.63) is 29.1 Å². The first-order valence-corrected chi connectivity index (χ1v) is 6.11. The molecule has 0 N–H and O–H groups in total. The molecular weight excluding hydrogens is 258 g/mol. The number of carbonyl (C=O) groups is 2. The number of pyridine rings is 1. The van der Waals surface area contributed by atoms with E-state index in [0.29, 0.717) is 11.3 Å². The molecule has 1 rings (SSSR count). The van der Waals surface area contributed by atoms with Gasteiger partial charge >= 0.3 is 5.97 Å². The van der Waals surface area contributed by atoms with Gasteiger partial charge in [-0.3, -0.25) is 9.59 Å². The Kier molecular flexibility index (Phi) is 5.21. The van der Waals surface area contributed by atoms with Crippen LogP contribution in [0.4, 0.5) is 0 Å². The van der Waals surface area contributed by atoms with E-state index in [1.54, 1.807) is 27.0 Å². The lowest BCUT2D eigenvalue weighted by atomic mass is 10.1. The molecular formula is C14H17N3O3. The lowest BCUT2D eigenvalue weighted by molar-refractivity contribution is -0.145. The largest absolute Gasteiger partial charge is 0.469 e. The number of nitriles is 1. The molecule has 0 saturated heterocycles. The molecule has 0 fully saturated rings. The van der Waals surface area contributed by atoms with E-state index in [9.17, 15) is 9.59 Å². The summed E-state index contributed by atoms with van der Waals surface area (Å²) in [5.41, 5.74) is 1.20. The third-order valence-electron chi connectivity index (χ3n) is 2.92. The van der Waals surface area contributed by atoms with Crippen LogP contribution in [0.2, 0.25) is 0 Å². The molecule has 6 nitrogen and oxygen atoms in total. The topological polar surface area (TPSA) is 83.3 Å². The first kappa shape index (κ1) is 15.6. The Morgan fingerprint density at radius 3 is 2.65 bits per heavy atom. The Hall–Kier alpha value is -2.42. The van der Waals surface area contributed by atoms with Crippen LogP contribution in [0.3, 0.4) is 0 Å². The zero-order chi connectivity index (χ0) is 15.3. The molecule has 6 heteroatoms. The summed E-state index contributed by atoms with van der Waals surface area (Å²) in [7, 11) is 2.91. The summed E-state index contributed by atoms with van der Waals surface area (Å²) in [5, 5.41) is 8.83. The fourth-order valence-electron chi connectivity index (χ4n) is 1.76. The summed E-state index contributed by atoms with van der Waals surface area (Å²) >= 11 is 0. The van der Waals surface area contributed by atoms with Crippen LogP contribution >= 0.6 is 0 Å². The number of rotatable bonds is 4. The molecule has 0 aliphatic rings. The number of amides is 1. The van der Waals surface area contributed by atoms with Crippen molar-refractivity contribution in [1.82, 2.24) is 9.88 Å². The van der Waals surface area contributed by atoms with Gasteiger partial charge in [-0.05, 0) is 19.1 Å². The minimum atomic E-state index is -0.409. The number of aromatic nitrogens is 1. The average molecular weight is 275 g/mol. The van der Waals surface area contributed by atoms with E-state index in [2.05, 4.69) is 9.72 Å². The lowest BCUT2D eigenvalue weighted by Gasteiger charge is -2.20. The van der Waals surface area contributed by atoms with Crippen molar-refractivity contribution in [2.45, 2.75) is 13.8 Å². The minimum absolute atomic E-state index is 0.242. The Morgan fingerprint density at radius 1 is 1.50 bits per heavy atom. The fraction of sp³-hybridized carbons (Fsp3) is 0.429. The molecule has 0 aliphatic carbocycles. The molecule has 1 unspecified atom stereocenters. The number of aryl methyl sites for hydroxylation is 1. The van der Waals surface area contributed by atoms with Crippen molar-refractivity contribution in [2.75, 3.05) is 20.7 Å². The molecule has 0 bridgehead atoms. The maximum Gasteiger partial charge on any atom is 0.310 e. The Labute approximate surface area is 118 Å². The molecule has 1 atom stereocenters. The van der Waals surface area contributed by atoms with Gasteiger partial charge in [0.1, 0.15) is 11.8 Å². The summed E-state index contributed by atoms with van der Waals surface area (Å²) in [5.74, 6) is -1.07. The van der Waals surface area contributed by atoms with Crippen LogP contribution in [-0.2, 0) is 9.53 Å². The lowest BCUT2D eigenvalue weighted by Crippen LogP contribution is -2.34. The highest BCUT2D eigenvalue weighted by Crippen LogP contribution is 2.09. The van der Waals surface area contributed by atoms with Crippen LogP contribution in [0, 0.1) is 24.2 Å². The van der Waals surface area contributed by atoms with Gasteiger partial charge in [-0.1, -0.05) is 6.92 Å². The van der Waals surface area contributed by atoms with Crippen LogP contribution in [0.1, 0.15) is 28.7 Å². The number of hydrogen-bond donors (Lipinski definition) is 0. The first-order valence-electron chi connectivity index (χ1n) is 6.11. The Bertz CT molecular complexity index is 563. The van der Waals surface area contributed by atoms with Crippen LogP contribution in [0.25, 0.3) is 0 Å². The second-order valence-corrected chi connectivity index (χ2v) is 4.55. The van der Waals surface area contributed by atoms with Gasteiger partial charge in [0.15, 0.2) is 0 Å². The highest BCUT2D eigenvalue weighted by atomic mass is 16.5. The predicted molar refractivity (Wildman–Crippen MR) is 71.8 cm³/mol. The summed E-state index contributed by atoms with van der Waals surface area (Å²) in [4.78, 5) is 29.0. The van der Waals surface area contributed by atoms with E-state index < -0.39 is 5.92 Å². The third kappa shape index (κ3) is 3.54. The predicted octanol–water partition coefficient (Wildman–Crippen LogP) is 1.14. The molecule has 0 saturated carbocycles. The second kappa shape index (κ2) is 6.66. The molecule has 0 aliphatic heterocycles. The van der Waals surface area contributed by atoms with E-state index in [1.165, 1.54) is 18.1 Å². The smallest absolute Gasteiger partial charge is 0.310 e. The van der Waals surface area contributed by atoms with Crippen molar-refractivity contribution in [3.63, 3.8) is 0 Å². The molecule has 1 amide bonds. The minimum Gasteiger partial charge on any atom is -0.469 e. The molecule has 106 valence electrons. The van der Waals surface area contributed by atoms with Crippen LogP contribution < -0.4 is 0 Å². The fourth-order valence-corrected chi connectivity index (χ4v) is 1.76. The number of hydrogen-bond acceptors (Lipinski definition) is 5. The molecule has 1 aromatic heterocycles. The number of nitrogens with zero attached hydrogens (tertiary/aromatic N) is 3. The number of carbonyl (C=O) groups excluding carboxylic acids is 2. The second-order valence-electron chi connectivity index (χ2n) is 4.55. The molecule has 0 spiro atoms. The van der Waals surface area contributed by atoms with Crippen molar-refractivity contribution >= 4 is 11.9 Å². The van der Waals surface area contributed by atoms with Gasteiger partial charge in [-0.2, -0.15) is 5.26 Å². The van der Waals surface area contributed by atoms with Gasteiger partial charge in [0.2, 0.25) is 0 Å². The van der Waals surface area contributed by atoms with Crippen LogP contribution in [-0.4, -0.2) is 42.5 Å². The monoisotopic (exact) mass is 275 g/mol. The van der Waals surface area contributed by atoms with Crippen LogP contribution in [0.5, 0.6) is 0 Å². The Balaban J connectivity index is 2.82. The van der Waals surface area contributed by atoms with Gasteiger partial charge in [-0.25, -0.2) is 4.98 Å². The van der Waals surface area contributed by atoms with Gasteiger partial charge in [0, 0.05) is 13.6 Å². The van der Waals surface area contributed by atoms with E-state index in [4.69, 9.17) is 5.26 Å². The maximum atomic E-state index is 12.2. The van der Waals surface area contributed by atoms with E-state index in [-0.39, 0.29) is 24.1 Å². The highest BCUT2D eigenvalue weighted by Gasteiger charge is 2.20. The van der Waals surface area contributed by atoms with E-state index in [1.807, 2.05) is 6.07 Å². The standard InChI is InChI=1S/C14H17N3O3/c1-9(14(19)20-4)8-17(3)13(18)12-6-5-11(7-15)10(2)16-12/h5-6,9H,8H2,1-4H3. The number of ether oxygens (including phenoxy) is 1. The van der Waals surface area contributed by atoms with Crippen LogP contribution in [0.15, 0.2) is 12.1 Å². The molecule has 20 heavy (non-hydrogen) atoms. The van der Waals surface area contributed by atoms with Gasteiger partial charge < -0.3 is 9.64 Å². The number of esters is 1. The van der Waals surface area contributed by atoms with Crippen molar-refractivity contribution < 1.29 is 14.3 Å². The summed E-state index contributed by atoms with van der Waals surface area (Å²) in [6, 6.07) is 5.07. The van der Waals surface area contributed by atoms with Crippen molar-refractivity contribution in [1.29, 1.82) is 5.26 Å². The summed E-state index contributed by atoms with van der Waals surface area (Å²) < 4.78 is 4.62. The van der Waals surface area contributed by atoms with Crippen molar-refractivity contribution in [3.8, 4) is 6.07 Å². The molecule has 1 heterocycles. The van der Waals surface area contributed by atoms with Crippen molar-refractivity contribution in [2.24, 2.45) is 5.92 Å². The third-order valence-corrected chi connectivity index (χ3v) is 2.92. The summed E-state index contributed by atoms with van der Waals surface area (Å²) in [6.45, 7) is 3.60. The zero-order valence-corrected chi connectivity index (χ0v) is 12.0. The molecule has 0 aromatic carbocycles. The Morgan fingerprint density at radius 2 is 2.15 bits per heavy atom. The first-order chi connectivity index (χ1) is 9.40. The SMILES string of the molecule is COC(=O)C(C)CN(C)C(=O)c1ccc(C#N)c(C)n1. The van der Waals surface area contributed by atoms with E-state index >= 15 is 0 Å². The van der Waals surface area contributed by atoms with Gasteiger partial charge in [0.25, 0.3) is 5.91 Å². The van der Waals surface area contributed by atoms with Gasteiger partial charge in [-0.15, -0.1) is 0 Å². The number of methoxy groups -OCH3 is 1. The molecule has 1 aromatic rings. The summed E-state index contributed by atoms with van der Waals surface area (Å²) in [6.07, 6.45) is 0. The average Bonchev–Trinajstić information content (AvgIpc) is 2.45. The zero-order valence-electron chi connectivity index (χ0n) is 12.0. The highest BCUT2D eigenvalue weighted by molar-refractivity contribution is 5.92. The maximum absolute atomic E-state index is 12.2. The van der Waals surface area contributed by atoms with Gasteiger partial charge in [0.05, 0.1) is 24.3 Å². The normalized spacial score (nSPS) is 11.3. The quantitative estimate of drug-likeness (QED) is 0.769. The molecule has 0 radical (unpaired) electrons. The van der Waals surface area contributed by atoms with E-state index in [0.717, 1.165) is 0 Å².